The second-order valence-electron chi connectivity index (χ2n) is 4.10. The van der Waals surface area contributed by atoms with Crippen LogP contribution in [0.1, 0.15) is 13.8 Å². The normalized spacial score (nSPS) is 11.1. The van der Waals surface area contributed by atoms with Crippen LogP contribution in [0.4, 0.5) is 15.8 Å². The van der Waals surface area contributed by atoms with Gasteiger partial charge in [-0.05, 0) is 19.9 Å². The van der Waals surface area contributed by atoms with Gasteiger partial charge in [0.1, 0.15) is 0 Å². The number of rotatable bonds is 3. The fourth-order valence-corrected chi connectivity index (χ4v) is 1.02. The highest BCUT2D eigenvalue weighted by Gasteiger charge is 2.22. The summed E-state index contributed by atoms with van der Waals surface area (Å²) >= 11 is 0. The number of amides is 1. The van der Waals surface area contributed by atoms with Gasteiger partial charge in [0.05, 0.1) is 10.5 Å². The number of nitro groups is 1. The molecule has 0 saturated carbocycles. The SMILES string of the molecule is CC(C)(N)C(=O)Nc1ccc([N+](=O)[O-])c(F)c1. The van der Waals surface area contributed by atoms with Gasteiger partial charge in [-0.25, -0.2) is 0 Å². The summed E-state index contributed by atoms with van der Waals surface area (Å²) in [7, 11) is 0. The minimum Gasteiger partial charge on any atom is -0.324 e. The number of nitrogens with two attached hydrogens (primary N) is 1. The number of carbonyl (C=O) groups excluding carboxylic acids is 1. The molecule has 0 radical (unpaired) electrons. The zero-order valence-corrected chi connectivity index (χ0v) is 9.36. The lowest BCUT2D eigenvalue weighted by molar-refractivity contribution is -0.387. The van der Waals surface area contributed by atoms with Crippen molar-refractivity contribution in [2.45, 2.75) is 19.4 Å². The van der Waals surface area contributed by atoms with Crippen LogP contribution in [0, 0.1) is 15.9 Å². The Morgan fingerprint density at radius 3 is 2.53 bits per heavy atom. The number of nitrogens with zero attached hydrogens (tertiary/aromatic N) is 1. The maximum atomic E-state index is 13.2. The highest BCUT2D eigenvalue weighted by molar-refractivity contribution is 5.97. The summed E-state index contributed by atoms with van der Waals surface area (Å²) in [5.41, 5.74) is 3.89. The van der Waals surface area contributed by atoms with Gasteiger partial charge in [0.2, 0.25) is 11.7 Å². The monoisotopic (exact) mass is 241 g/mol. The van der Waals surface area contributed by atoms with Crippen LogP contribution in [0.15, 0.2) is 18.2 Å². The largest absolute Gasteiger partial charge is 0.324 e. The molecule has 92 valence electrons. The van der Waals surface area contributed by atoms with Crippen molar-refractivity contribution in [2.75, 3.05) is 5.32 Å². The summed E-state index contributed by atoms with van der Waals surface area (Å²) in [6, 6.07) is 3.10. The van der Waals surface area contributed by atoms with Gasteiger partial charge in [-0.15, -0.1) is 0 Å². The average molecular weight is 241 g/mol. The van der Waals surface area contributed by atoms with Crippen LogP contribution in [0.3, 0.4) is 0 Å². The molecule has 1 amide bonds. The molecule has 0 atom stereocenters. The molecule has 0 heterocycles. The highest BCUT2D eigenvalue weighted by Crippen LogP contribution is 2.21. The van der Waals surface area contributed by atoms with Crippen molar-refractivity contribution in [3.8, 4) is 0 Å². The van der Waals surface area contributed by atoms with E-state index >= 15 is 0 Å². The van der Waals surface area contributed by atoms with E-state index in [9.17, 15) is 19.3 Å². The van der Waals surface area contributed by atoms with Crippen molar-refractivity contribution >= 4 is 17.3 Å². The lowest BCUT2D eigenvalue weighted by Gasteiger charge is -2.17. The van der Waals surface area contributed by atoms with E-state index in [4.69, 9.17) is 5.73 Å². The Morgan fingerprint density at radius 2 is 2.12 bits per heavy atom. The second-order valence-corrected chi connectivity index (χ2v) is 4.10. The number of hydrogen-bond acceptors (Lipinski definition) is 4. The van der Waals surface area contributed by atoms with Gasteiger partial charge >= 0.3 is 5.69 Å². The first-order valence-electron chi connectivity index (χ1n) is 4.76. The maximum Gasteiger partial charge on any atom is 0.304 e. The third-order valence-electron chi connectivity index (χ3n) is 1.99. The van der Waals surface area contributed by atoms with Crippen LogP contribution in [-0.4, -0.2) is 16.4 Å². The summed E-state index contributed by atoms with van der Waals surface area (Å²) in [5.74, 6) is -1.52. The Kier molecular flexibility index (Phi) is 3.42. The van der Waals surface area contributed by atoms with Crippen LogP contribution < -0.4 is 11.1 Å². The minimum atomic E-state index is -1.11. The molecule has 0 aliphatic carbocycles. The van der Waals surface area contributed by atoms with Crippen molar-refractivity contribution in [3.63, 3.8) is 0 Å². The van der Waals surface area contributed by atoms with Crippen molar-refractivity contribution in [1.29, 1.82) is 0 Å². The lowest BCUT2D eigenvalue weighted by Crippen LogP contribution is -2.45. The predicted molar refractivity (Wildman–Crippen MR) is 60.0 cm³/mol. The topological polar surface area (TPSA) is 98.3 Å². The molecule has 3 N–H and O–H groups in total. The molecule has 0 aliphatic heterocycles. The first kappa shape index (κ1) is 13.0. The Labute approximate surface area is 96.8 Å². The van der Waals surface area contributed by atoms with Gasteiger partial charge in [0, 0.05) is 17.8 Å². The van der Waals surface area contributed by atoms with E-state index in [1.807, 2.05) is 0 Å². The lowest BCUT2D eigenvalue weighted by atomic mass is 10.1. The summed E-state index contributed by atoms with van der Waals surface area (Å²) in [6.07, 6.45) is 0. The first-order valence-corrected chi connectivity index (χ1v) is 4.76. The number of nitro benzene ring substituents is 1. The van der Waals surface area contributed by atoms with Crippen LogP contribution in [0.5, 0.6) is 0 Å². The highest BCUT2D eigenvalue weighted by atomic mass is 19.1. The maximum absolute atomic E-state index is 13.2. The molecule has 0 saturated heterocycles. The van der Waals surface area contributed by atoms with E-state index in [0.29, 0.717) is 0 Å². The Bertz CT molecular complexity index is 468. The fraction of sp³-hybridized carbons (Fsp3) is 0.300. The standard InChI is InChI=1S/C10H12FN3O3/c1-10(2,12)9(15)13-6-3-4-8(14(16)17)7(11)5-6/h3-5H,12H2,1-2H3,(H,13,15). The number of benzene rings is 1. The zero-order chi connectivity index (χ0) is 13.2. The van der Waals surface area contributed by atoms with Crippen LogP contribution in [0.2, 0.25) is 0 Å². The Morgan fingerprint density at radius 1 is 1.53 bits per heavy atom. The molecule has 0 unspecified atom stereocenters. The van der Waals surface area contributed by atoms with E-state index < -0.39 is 27.9 Å². The van der Waals surface area contributed by atoms with Crippen molar-refractivity contribution < 1.29 is 14.1 Å². The predicted octanol–water partition coefficient (Wildman–Crippen LogP) is 1.41. The first-order chi connectivity index (χ1) is 7.71. The van der Waals surface area contributed by atoms with Gasteiger partial charge < -0.3 is 11.1 Å². The quantitative estimate of drug-likeness (QED) is 0.617. The van der Waals surface area contributed by atoms with E-state index in [1.54, 1.807) is 0 Å². The molecular formula is C10H12FN3O3. The number of nitrogens with one attached hydrogen (secondary N) is 1. The van der Waals surface area contributed by atoms with Gasteiger partial charge in [0.25, 0.3) is 0 Å². The Hall–Kier alpha value is -2.02. The third-order valence-corrected chi connectivity index (χ3v) is 1.99. The van der Waals surface area contributed by atoms with E-state index in [2.05, 4.69) is 5.32 Å². The van der Waals surface area contributed by atoms with Crippen molar-refractivity contribution in [3.05, 3.63) is 34.1 Å². The molecule has 1 aromatic rings. The van der Waals surface area contributed by atoms with Gasteiger partial charge in [-0.3, -0.25) is 14.9 Å². The van der Waals surface area contributed by atoms with E-state index in [-0.39, 0.29) is 5.69 Å². The van der Waals surface area contributed by atoms with Gasteiger partial charge in [0.15, 0.2) is 0 Å². The molecule has 0 fully saturated rings. The van der Waals surface area contributed by atoms with Gasteiger partial charge in [-0.2, -0.15) is 4.39 Å². The average Bonchev–Trinajstić information content (AvgIpc) is 2.15. The summed E-state index contributed by atoms with van der Waals surface area (Å²) in [4.78, 5) is 21.0. The smallest absolute Gasteiger partial charge is 0.304 e. The van der Waals surface area contributed by atoms with Crippen LogP contribution in [-0.2, 0) is 4.79 Å². The summed E-state index contributed by atoms with van der Waals surface area (Å²) < 4.78 is 13.2. The number of anilines is 1. The molecule has 6 nitrogen and oxygen atoms in total. The molecule has 1 aromatic carbocycles. The minimum absolute atomic E-state index is 0.122. The molecule has 0 spiro atoms. The summed E-state index contributed by atoms with van der Waals surface area (Å²) in [5, 5.41) is 12.7. The fourth-order valence-electron chi connectivity index (χ4n) is 1.02. The summed E-state index contributed by atoms with van der Waals surface area (Å²) in [6.45, 7) is 2.98. The third kappa shape index (κ3) is 3.22. The molecule has 1 rings (SSSR count). The molecule has 0 aliphatic rings. The number of carbonyl (C=O) groups is 1. The van der Waals surface area contributed by atoms with Gasteiger partial charge in [-0.1, -0.05) is 0 Å². The van der Waals surface area contributed by atoms with E-state index in [0.717, 1.165) is 12.1 Å². The number of hydrogen-bond donors (Lipinski definition) is 2. The second kappa shape index (κ2) is 4.46. The molecule has 17 heavy (non-hydrogen) atoms. The van der Waals surface area contributed by atoms with E-state index in [1.165, 1.54) is 19.9 Å². The van der Waals surface area contributed by atoms with Crippen molar-refractivity contribution in [1.82, 2.24) is 0 Å². The molecule has 7 heteroatoms. The number of halogens is 1. The van der Waals surface area contributed by atoms with Crippen LogP contribution in [0.25, 0.3) is 0 Å². The molecule has 0 aromatic heterocycles. The van der Waals surface area contributed by atoms with Crippen molar-refractivity contribution in [2.24, 2.45) is 5.73 Å². The molecule has 0 bridgehead atoms. The molecular weight excluding hydrogens is 229 g/mol. The Balaban J connectivity index is 2.92. The zero-order valence-electron chi connectivity index (χ0n) is 9.36. The van der Waals surface area contributed by atoms with Crippen LogP contribution >= 0.6 is 0 Å².